The maximum atomic E-state index is 12.3. The van der Waals surface area contributed by atoms with Crippen molar-refractivity contribution in [3.05, 3.63) is 48.0 Å². The molecule has 1 amide bonds. The molecular formula is C23H28N2O4S. The SMILES string of the molecule is CCOc1cc(C(=S)N2CCCCC2)ccc1OCC(=O)Nc1cccc(OC)c1. The number of piperidine rings is 1. The number of benzene rings is 2. The van der Waals surface area contributed by atoms with E-state index in [0.717, 1.165) is 23.6 Å². The van der Waals surface area contributed by atoms with Gasteiger partial charge in [-0.25, -0.2) is 0 Å². The van der Waals surface area contributed by atoms with Crippen LogP contribution in [0.5, 0.6) is 17.2 Å². The van der Waals surface area contributed by atoms with E-state index in [1.54, 1.807) is 19.2 Å². The summed E-state index contributed by atoms with van der Waals surface area (Å²) in [6.07, 6.45) is 3.60. The number of rotatable bonds is 8. The molecule has 1 N–H and O–H groups in total. The fourth-order valence-corrected chi connectivity index (χ4v) is 3.66. The first kappa shape index (κ1) is 21.9. The van der Waals surface area contributed by atoms with Crippen molar-refractivity contribution in [2.24, 2.45) is 0 Å². The van der Waals surface area contributed by atoms with Crippen LogP contribution in [-0.2, 0) is 4.79 Å². The lowest BCUT2D eigenvalue weighted by atomic mass is 10.1. The third kappa shape index (κ3) is 5.86. The van der Waals surface area contributed by atoms with Gasteiger partial charge in [-0.2, -0.15) is 0 Å². The van der Waals surface area contributed by atoms with Crippen molar-refractivity contribution in [3.8, 4) is 17.2 Å². The third-order valence-electron chi connectivity index (χ3n) is 4.85. The number of hydrogen-bond donors (Lipinski definition) is 1. The number of ether oxygens (including phenoxy) is 3. The van der Waals surface area contributed by atoms with E-state index in [1.165, 1.54) is 19.3 Å². The Kier molecular flexibility index (Phi) is 7.90. The van der Waals surface area contributed by atoms with Crippen molar-refractivity contribution in [1.29, 1.82) is 0 Å². The number of carbonyl (C=O) groups is 1. The quantitative estimate of drug-likeness (QED) is 0.634. The second kappa shape index (κ2) is 10.8. The summed E-state index contributed by atoms with van der Waals surface area (Å²) in [7, 11) is 1.58. The summed E-state index contributed by atoms with van der Waals surface area (Å²) in [5.74, 6) is 1.51. The largest absolute Gasteiger partial charge is 0.497 e. The zero-order chi connectivity index (χ0) is 21.3. The fraction of sp³-hybridized carbons (Fsp3) is 0.391. The molecule has 1 saturated heterocycles. The lowest BCUT2D eigenvalue weighted by Crippen LogP contribution is -2.34. The fourth-order valence-electron chi connectivity index (χ4n) is 3.35. The van der Waals surface area contributed by atoms with E-state index in [-0.39, 0.29) is 12.5 Å². The Balaban J connectivity index is 1.64. The lowest BCUT2D eigenvalue weighted by Gasteiger charge is -2.29. The summed E-state index contributed by atoms with van der Waals surface area (Å²) in [5.41, 5.74) is 1.58. The van der Waals surface area contributed by atoms with Gasteiger partial charge in [0.2, 0.25) is 0 Å². The van der Waals surface area contributed by atoms with Gasteiger partial charge in [-0.1, -0.05) is 18.3 Å². The van der Waals surface area contributed by atoms with Gasteiger partial charge in [-0.3, -0.25) is 4.79 Å². The number of likely N-dealkylation sites (tertiary alicyclic amines) is 1. The van der Waals surface area contributed by atoms with Gasteiger partial charge < -0.3 is 24.4 Å². The highest BCUT2D eigenvalue weighted by atomic mass is 32.1. The van der Waals surface area contributed by atoms with Gasteiger partial charge in [0.15, 0.2) is 18.1 Å². The standard InChI is InChI=1S/C23H28N2O4S/c1-3-28-21-14-17(23(30)25-12-5-4-6-13-25)10-11-20(21)29-16-22(26)24-18-8-7-9-19(15-18)27-2/h7-11,14-15H,3-6,12-13,16H2,1-2H3,(H,24,26). The molecule has 0 aliphatic carbocycles. The van der Waals surface area contributed by atoms with Gasteiger partial charge in [-0.15, -0.1) is 0 Å². The molecule has 1 aliphatic heterocycles. The zero-order valence-electron chi connectivity index (χ0n) is 17.5. The highest BCUT2D eigenvalue weighted by Gasteiger charge is 2.17. The predicted octanol–water partition coefficient (Wildman–Crippen LogP) is 4.27. The molecule has 0 spiro atoms. The molecule has 0 atom stereocenters. The van der Waals surface area contributed by atoms with Gasteiger partial charge in [0.25, 0.3) is 5.91 Å². The van der Waals surface area contributed by atoms with Gasteiger partial charge in [-0.05, 0) is 56.5 Å². The van der Waals surface area contributed by atoms with Gasteiger partial charge in [0.05, 0.1) is 13.7 Å². The number of nitrogens with one attached hydrogen (secondary N) is 1. The van der Waals surface area contributed by atoms with E-state index in [9.17, 15) is 4.79 Å². The van der Waals surface area contributed by atoms with Crippen molar-refractivity contribution in [1.82, 2.24) is 4.90 Å². The molecule has 2 aromatic carbocycles. The molecule has 1 aliphatic rings. The van der Waals surface area contributed by atoms with E-state index < -0.39 is 0 Å². The molecule has 7 heteroatoms. The highest BCUT2D eigenvalue weighted by Crippen LogP contribution is 2.30. The van der Waals surface area contributed by atoms with Crippen molar-refractivity contribution >= 4 is 28.8 Å². The third-order valence-corrected chi connectivity index (χ3v) is 5.34. The summed E-state index contributed by atoms with van der Waals surface area (Å²) in [5, 5.41) is 2.80. The molecule has 160 valence electrons. The Hall–Kier alpha value is -2.80. The van der Waals surface area contributed by atoms with Gasteiger partial charge >= 0.3 is 0 Å². The second-order valence-corrected chi connectivity index (χ2v) is 7.40. The molecule has 0 saturated carbocycles. The summed E-state index contributed by atoms with van der Waals surface area (Å²) in [6, 6.07) is 12.8. The number of thiocarbonyl (C=S) groups is 1. The van der Waals surface area contributed by atoms with E-state index in [2.05, 4.69) is 10.2 Å². The molecule has 30 heavy (non-hydrogen) atoms. The van der Waals surface area contributed by atoms with E-state index in [4.69, 9.17) is 26.4 Å². The summed E-state index contributed by atoms with van der Waals surface area (Å²) in [4.78, 5) is 15.4. The number of carbonyl (C=O) groups excluding carboxylic acids is 1. The van der Waals surface area contributed by atoms with Crippen LogP contribution in [0.3, 0.4) is 0 Å². The maximum absolute atomic E-state index is 12.3. The van der Waals surface area contributed by atoms with E-state index in [0.29, 0.717) is 29.5 Å². The molecule has 1 fully saturated rings. The molecule has 1 heterocycles. The number of amides is 1. The Morgan fingerprint density at radius 1 is 1.07 bits per heavy atom. The van der Waals surface area contributed by atoms with Crippen LogP contribution in [0.25, 0.3) is 0 Å². The first-order chi connectivity index (χ1) is 14.6. The molecule has 0 bridgehead atoms. The Labute approximate surface area is 183 Å². The molecule has 6 nitrogen and oxygen atoms in total. The smallest absolute Gasteiger partial charge is 0.262 e. The summed E-state index contributed by atoms with van der Waals surface area (Å²) < 4.78 is 16.6. The molecule has 3 rings (SSSR count). The van der Waals surface area contributed by atoms with Gasteiger partial charge in [0.1, 0.15) is 10.7 Å². The van der Waals surface area contributed by atoms with Crippen LogP contribution in [0.2, 0.25) is 0 Å². The predicted molar refractivity (Wildman–Crippen MR) is 122 cm³/mol. The average molecular weight is 429 g/mol. The first-order valence-electron chi connectivity index (χ1n) is 10.2. The average Bonchev–Trinajstić information content (AvgIpc) is 2.78. The van der Waals surface area contributed by atoms with Crippen LogP contribution in [-0.4, -0.2) is 49.2 Å². The summed E-state index contributed by atoms with van der Waals surface area (Å²) in [6.45, 7) is 4.26. The van der Waals surface area contributed by atoms with Crippen molar-refractivity contribution in [2.75, 3.05) is 38.7 Å². The molecule has 0 unspecified atom stereocenters. The minimum absolute atomic E-state index is 0.132. The molecule has 0 radical (unpaired) electrons. The Morgan fingerprint density at radius 3 is 2.60 bits per heavy atom. The number of hydrogen-bond acceptors (Lipinski definition) is 5. The zero-order valence-corrected chi connectivity index (χ0v) is 18.3. The number of methoxy groups -OCH3 is 1. The van der Waals surface area contributed by atoms with E-state index >= 15 is 0 Å². The maximum Gasteiger partial charge on any atom is 0.262 e. The van der Waals surface area contributed by atoms with E-state index in [1.807, 2.05) is 37.3 Å². The van der Waals surface area contributed by atoms with Crippen LogP contribution in [0.4, 0.5) is 5.69 Å². The minimum Gasteiger partial charge on any atom is -0.497 e. The van der Waals surface area contributed by atoms with Crippen LogP contribution >= 0.6 is 12.2 Å². The normalized spacial score (nSPS) is 13.5. The topological polar surface area (TPSA) is 60.0 Å². The number of anilines is 1. The van der Waals surface area contributed by atoms with Crippen molar-refractivity contribution in [2.45, 2.75) is 26.2 Å². The van der Waals surface area contributed by atoms with Crippen LogP contribution < -0.4 is 19.5 Å². The monoisotopic (exact) mass is 428 g/mol. The van der Waals surface area contributed by atoms with Crippen LogP contribution in [0.15, 0.2) is 42.5 Å². The first-order valence-corrected chi connectivity index (χ1v) is 10.6. The lowest BCUT2D eigenvalue weighted by molar-refractivity contribution is -0.118. The Bertz CT molecular complexity index is 881. The van der Waals surface area contributed by atoms with Crippen LogP contribution in [0, 0.1) is 0 Å². The Morgan fingerprint density at radius 2 is 1.87 bits per heavy atom. The second-order valence-electron chi connectivity index (χ2n) is 7.02. The molecular weight excluding hydrogens is 400 g/mol. The van der Waals surface area contributed by atoms with Crippen molar-refractivity contribution < 1.29 is 19.0 Å². The number of nitrogens with zero attached hydrogens (tertiary/aromatic N) is 1. The van der Waals surface area contributed by atoms with Gasteiger partial charge in [0, 0.05) is 30.4 Å². The molecule has 0 aromatic heterocycles. The summed E-state index contributed by atoms with van der Waals surface area (Å²) >= 11 is 5.68. The van der Waals surface area contributed by atoms with Crippen LogP contribution in [0.1, 0.15) is 31.7 Å². The molecule has 2 aromatic rings. The minimum atomic E-state index is -0.265. The van der Waals surface area contributed by atoms with Crippen molar-refractivity contribution in [3.63, 3.8) is 0 Å². The highest BCUT2D eigenvalue weighted by molar-refractivity contribution is 7.80.